The molecule has 0 aliphatic carbocycles. The van der Waals surface area contributed by atoms with Gasteiger partial charge >= 0.3 is 0 Å². The van der Waals surface area contributed by atoms with Crippen molar-refractivity contribution in [1.29, 1.82) is 0 Å². The minimum atomic E-state index is 0.0253. The van der Waals surface area contributed by atoms with E-state index in [0.29, 0.717) is 5.76 Å². The van der Waals surface area contributed by atoms with Crippen LogP contribution in [0.3, 0.4) is 0 Å². The number of carbonyl (C=O) groups is 1. The second kappa shape index (κ2) is 5.99. The van der Waals surface area contributed by atoms with Gasteiger partial charge in [0.1, 0.15) is 5.76 Å². The maximum Gasteiger partial charge on any atom is 0.247 e. The largest absolute Gasteiger partial charge is 0.465 e. The molecule has 1 aliphatic rings. The minimum Gasteiger partial charge on any atom is -0.465 e. The quantitative estimate of drug-likeness (QED) is 0.815. The molecule has 1 aliphatic heterocycles. The zero-order valence-electron chi connectivity index (χ0n) is 12.1. The predicted molar refractivity (Wildman–Crippen MR) is 79.3 cm³/mol. The van der Waals surface area contributed by atoms with Crippen molar-refractivity contribution < 1.29 is 9.21 Å². The second-order valence-corrected chi connectivity index (χ2v) is 5.27. The van der Waals surface area contributed by atoms with E-state index in [-0.39, 0.29) is 11.9 Å². The summed E-state index contributed by atoms with van der Waals surface area (Å²) in [6.07, 6.45) is 9.87. The molecule has 21 heavy (non-hydrogen) atoms. The van der Waals surface area contributed by atoms with Crippen LogP contribution in [0.1, 0.15) is 36.8 Å². The second-order valence-electron chi connectivity index (χ2n) is 5.27. The van der Waals surface area contributed by atoms with E-state index in [1.54, 1.807) is 24.6 Å². The van der Waals surface area contributed by atoms with Crippen LogP contribution in [0, 0.1) is 0 Å². The van der Waals surface area contributed by atoms with Crippen LogP contribution in [0.25, 0.3) is 6.08 Å². The molecule has 1 unspecified atom stereocenters. The molecule has 0 aromatic carbocycles. The van der Waals surface area contributed by atoms with E-state index in [2.05, 4.69) is 5.10 Å². The Morgan fingerprint density at radius 3 is 3.05 bits per heavy atom. The van der Waals surface area contributed by atoms with Crippen molar-refractivity contribution in [3.8, 4) is 0 Å². The lowest BCUT2D eigenvalue weighted by Crippen LogP contribution is -2.38. The molecular formula is C16H19N3O2. The summed E-state index contributed by atoms with van der Waals surface area (Å²) in [6, 6.07) is 5.74. The van der Waals surface area contributed by atoms with Crippen molar-refractivity contribution >= 4 is 12.0 Å². The molecule has 3 heterocycles. The topological polar surface area (TPSA) is 51.3 Å². The number of piperidine rings is 1. The molecule has 2 aromatic rings. The molecule has 5 heteroatoms. The molecule has 2 aromatic heterocycles. The van der Waals surface area contributed by atoms with Crippen molar-refractivity contribution in [2.45, 2.75) is 25.3 Å². The Bertz CT molecular complexity index is 628. The fourth-order valence-corrected chi connectivity index (χ4v) is 2.85. The molecular weight excluding hydrogens is 266 g/mol. The first-order chi connectivity index (χ1) is 10.3. The number of aromatic nitrogens is 2. The Kier molecular flexibility index (Phi) is 3.90. The number of hydrogen-bond donors (Lipinski definition) is 0. The first kappa shape index (κ1) is 13.7. The van der Waals surface area contributed by atoms with Crippen LogP contribution in [0.5, 0.6) is 0 Å². The summed E-state index contributed by atoms with van der Waals surface area (Å²) in [4.78, 5) is 14.4. The third kappa shape index (κ3) is 2.91. The van der Waals surface area contributed by atoms with Crippen LogP contribution in [0.2, 0.25) is 0 Å². The Balaban J connectivity index is 1.78. The fourth-order valence-electron chi connectivity index (χ4n) is 2.85. The van der Waals surface area contributed by atoms with Gasteiger partial charge < -0.3 is 9.32 Å². The molecule has 0 saturated carbocycles. The van der Waals surface area contributed by atoms with Gasteiger partial charge in [-0.15, -0.1) is 0 Å². The van der Waals surface area contributed by atoms with Crippen molar-refractivity contribution in [3.05, 3.63) is 48.2 Å². The third-order valence-electron chi connectivity index (χ3n) is 3.92. The predicted octanol–water partition coefficient (Wildman–Crippen LogP) is 2.78. The lowest BCUT2D eigenvalue weighted by molar-refractivity contribution is -0.129. The van der Waals surface area contributed by atoms with E-state index in [4.69, 9.17) is 4.42 Å². The monoisotopic (exact) mass is 285 g/mol. The number of amides is 1. The third-order valence-corrected chi connectivity index (χ3v) is 3.92. The van der Waals surface area contributed by atoms with Crippen LogP contribution in [-0.2, 0) is 11.8 Å². The summed E-state index contributed by atoms with van der Waals surface area (Å²) in [6.45, 7) is 0.789. The van der Waals surface area contributed by atoms with E-state index < -0.39 is 0 Å². The maximum absolute atomic E-state index is 12.5. The number of likely N-dealkylation sites (tertiary alicyclic amines) is 1. The lowest BCUT2D eigenvalue weighted by Gasteiger charge is -2.35. The number of furan rings is 1. The highest BCUT2D eigenvalue weighted by atomic mass is 16.3. The standard InChI is InChI=1S/C16H19N3O2/c1-18-14(9-10-17-18)15-6-2-3-11-19(15)16(20)8-7-13-5-4-12-21-13/h4-5,7-10,12,15H,2-3,6,11H2,1H3/b8-7+. The average Bonchev–Trinajstić information content (AvgIpc) is 3.16. The van der Waals surface area contributed by atoms with Crippen molar-refractivity contribution in [1.82, 2.24) is 14.7 Å². The summed E-state index contributed by atoms with van der Waals surface area (Å²) in [5, 5.41) is 4.22. The molecule has 1 saturated heterocycles. The highest BCUT2D eigenvalue weighted by molar-refractivity contribution is 5.91. The lowest BCUT2D eigenvalue weighted by atomic mass is 9.99. The van der Waals surface area contributed by atoms with Gasteiger partial charge in [0, 0.05) is 25.9 Å². The van der Waals surface area contributed by atoms with Gasteiger partial charge in [0.15, 0.2) is 0 Å². The molecule has 0 radical (unpaired) electrons. The fraction of sp³-hybridized carbons (Fsp3) is 0.375. The maximum atomic E-state index is 12.5. The van der Waals surface area contributed by atoms with Crippen molar-refractivity contribution in [2.75, 3.05) is 6.54 Å². The molecule has 110 valence electrons. The number of aryl methyl sites for hydroxylation is 1. The number of hydrogen-bond acceptors (Lipinski definition) is 3. The van der Waals surface area contributed by atoms with E-state index >= 15 is 0 Å². The van der Waals surface area contributed by atoms with Crippen LogP contribution in [0.4, 0.5) is 0 Å². The summed E-state index contributed by atoms with van der Waals surface area (Å²) in [5.41, 5.74) is 1.09. The van der Waals surface area contributed by atoms with Gasteiger partial charge in [0.25, 0.3) is 0 Å². The first-order valence-corrected chi connectivity index (χ1v) is 7.26. The highest BCUT2D eigenvalue weighted by Gasteiger charge is 2.28. The van der Waals surface area contributed by atoms with E-state index in [0.717, 1.165) is 31.5 Å². The summed E-state index contributed by atoms with van der Waals surface area (Å²) < 4.78 is 7.07. The average molecular weight is 285 g/mol. The van der Waals surface area contributed by atoms with Gasteiger partial charge in [-0.1, -0.05) is 0 Å². The molecule has 5 nitrogen and oxygen atoms in total. The Hall–Kier alpha value is -2.30. The number of rotatable bonds is 3. The van der Waals surface area contributed by atoms with Gasteiger partial charge in [-0.3, -0.25) is 9.48 Å². The van der Waals surface area contributed by atoms with Crippen molar-refractivity contribution in [3.63, 3.8) is 0 Å². The van der Waals surface area contributed by atoms with Gasteiger partial charge in [-0.25, -0.2) is 0 Å². The molecule has 0 spiro atoms. The first-order valence-electron chi connectivity index (χ1n) is 7.26. The smallest absolute Gasteiger partial charge is 0.247 e. The van der Waals surface area contributed by atoms with Gasteiger partial charge in [0.2, 0.25) is 5.91 Å². The number of nitrogens with zero attached hydrogens (tertiary/aromatic N) is 3. The minimum absolute atomic E-state index is 0.0253. The molecule has 3 rings (SSSR count). The molecule has 1 atom stereocenters. The Labute approximate surface area is 123 Å². The van der Waals surface area contributed by atoms with Crippen molar-refractivity contribution in [2.24, 2.45) is 7.05 Å². The van der Waals surface area contributed by atoms with Gasteiger partial charge in [-0.05, 0) is 43.5 Å². The molecule has 0 N–H and O–H groups in total. The summed E-state index contributed by atoms with van der Waals surface area (Å²) in [7, 11) is 1.92. The van der Waals surface area contributed by atoms with Crippen LogP contribution < -0.4 is 0 Å². The Morgan fingerprint density at radius 1 is 1.43 bits per heavy atom. The van der Waals surface area contributed by atoms with Crippen LogP contribution in [-0.4, -0.2) is 27.1 Å². The van der Waals surface area contributed by atoms with Crippen LogP contribution >= 0.6 is 0 Å². The van der Waals surface area contributed by atoms with E-state index in [9.17, 15) is 4.79 Å². The summed E-state index contributed by atoms with van der Waals surface area (Å²) >= 11 is 0. The molecule has 1 fully saturated rings. The van der Waals surface area contributed by atoms with Crippen LogP contribution in [0.15, 0.2) is 41.2 Å². The van der Waals surface area contributed by atoms with E-state index in [1.165, 1.54) is 0 Å². The normalized spacial score (nSPS) is 19.3. The van der Waals surface area contributed by atoms with E-state index in [1.807, 2.05) is 34.8 Å². The Morgan fingerprint density at radius 2 is 2.33 bits per heavy atom. The van der Waals surface area contributed by atoms with Gasteiger partial charge in [-0.2, -0.15) is 5.10 Å². The number of carbonyl (C=O) groups excluding carboxylic acids is 1. The highest BCUT2D eigenvalue weighted by Crippen LogP contribution is 2.30. The van der Waals surface area contributed by atoms with Gasteiger partial charge in [0.05, 0.1) is 18.0 Å². The summed E-state index contributed by atoms with van der Waals surface area (Å²) in [5.74, 6) is 0.717. The molecule has 0 bridgehead atoms. The zero-order chi connectivity index (χ0) is 14.7. The molecule has 1 amide bonds. The SMILES string of the molecule is Cn1nccc1C1CCCCN1C(=O)/C=C/c1ccco1. The zero-order valence-corrected chi connectivity index (χ0v) is 12.1.